The highest BCUT2D eigenvalue weighted by atomic mass is 35.5. The molecule has 1 amide bonds. The van der Waals surface area contributed by atoms with Crippen LogP contribution in [0.2, 0.25) is 0 Å². The summed E-state index contributed by atoms with van der Waals surface area (Å²) in [6, 6.07) is 7.91. The fourth-order valence-corrected chi connectivity index (χ4v) is 4.07. The molecule has 2 heterocycles. The lowest BCUT2D eigenvalue weighted by atomic mass is 9.79. The van der Waals surface area contributed by atoms with Crippen molar-refractivity contribution in [2.45, 2.75) is 64.6 Å². The van der Waals surface area contributed by atoms with Crippen molar-refractivity contribution < 1.29 is 9.21 Å². The van der Waals surface area contributed by atoms with Gasteiger partial charge in [-0.05, 0) is 53.5 Å². The van der Waals surface area contributed by atoms with Gasteiger partial charge in [-0.1, -0.05) is 18.2 Å². The van der Waals surface area contributed by atoms with Crippen molar-refractivity contribution >= 4 is 29.3 Å². The number of benzene rings is 1. The number of amides is 1. The third-order valence-electron chi connectivity index (χ3n) is 4.58. The molecule has 0 atom stereocenters. The fourth-order valence-electron chi connectivity index (χ4n) is 4.07. The second kappa shape index (κ2) is 6.41. The van der Waals surface area contributed by atoms with Gasteiger partial charge in [-0.3, -0.25) is 4.79 Å². The lowest BCUT2D eigenvalue weighted by Gasteiger charge is -2.46. The molecule has 2 aromatic rings. The van der Waals surface area contributed by atoms with Gasteiger partial charge >= 0.3 is 0 Å². The molecule has 24 heavy (non-hydrogen) atoms. The van der Waals surface area contributed by atoms with Crippen LogP contribution in [-0.2, 0) is 0 Å². The molecule has 2 N–H and O–H groups in total. The van der Waals surface area contributed by atoms with Gasteiger partial charge in [0.05, 0.1) is 0 Å². The standard InChI is InChI=1S/C19H26N2O2.ClH/c1-12-14-8-6-7-9-15(14)23-16(12)17(22)20-13-10-18(2,3)21-19(4,5)11-13;/h6-9,13,21H,10-11H2,1-5H3,(H,20,22);1H. The summed E-state index contributed by atoms with van der Waals surface area (Å²) < 4.78 is 5.78. The molecule has 5 heteroatoms. The largest absolute Gasteiger partial charge is 0.451 e. The van der Waals surface area contributed by atoms with E-state index < -0.39 is 0 Å². The molecule has 132 valence electrons. The fraction of sp³-hybridized carbons (Fsp3) is 0.526. The summed E-state index contributed by atoms with van der Waals surface area (Å²) in [5, 5.41) is 7.81. The van der Waals surface area contributed by atoms with Gasteiger partial charge in [0.15, 0.2) is 5.76 Å². The van der Waals surface area contributed by atoms with Gasteiger partial charge in [-0.2, -0.15) is 0 Å². The Morgan fingerprint density at radius 3 is 2.33 bits per heavy atom. The molecule has 1 aliphatic rings. The van der Waals surface area contributed by atoms with E-state index in [1.807, 2.05) is 31.2 Å². The lowest BCUT2D eigenvalue weighted by Crippen LogP contribution is -2.62. The van der Waals surface area contributed by atoms with E-state index in [1.54, 1.807) is 0 Å². The Labute approximate surface area is 149 Å². The van der Waals surface area contributed by atoms with Crippen molar-refractivity contribution in [3.05, 3.63) is 35.6 Å². The minimum Gasteiger partial charge on any atom is -0.451 e. The summed E-state index contributed by atoms with van der Waals surface area (Å²) in [6.07, 6.45) is 1.81. The van der Waals surface area contributed by atoms with Crippen molar-refractivity contribution in [3.8, 4) is 0 Å². The van der Waals surface area contributed by atoms with E-state index in [4.69, 9.17) is 4.42 Å². The van der Waals surface area contributed by atoms with Gasteiger partial charge in [-0.25, -0.2) is 0 Å². The van der Waals surface area contributed by atoms with E-state index in [-0.39, 0.29) is 35.4 Å². The van der Waals surface area contributed by atoms with Crippen LogP contribution in [0.25, 0.3) is 11.0 Å². The molecule has 1 aromatic heterocycles. The normalized spacial score (nSPS) is 19.7. The highest BCUT2D eigenvalue weighted by molar-refractivity contribution is 5.99. The van der Waals surface area contributed by atoms with Crippen molar-refractivity contribution in [2.24, 2.45) is 0 Å². The zero-order valence-corrected chi connectivity index (χ0v) is 15.8. The number of carbonyl (C=O) groups is 1. The number of aryl methyl sites for hydroxylation is 1. The van der Waals surface area contributed by atoms with Crippen LogP contribution in [0.5, 0.6) is 0 Å². The number of nitrogens with one attached hydrogen (secondary N) is 2. The molecule has 0 spiro atoms. The Morgan fingerprint density at radius 2 is 1.75 bits per heavy atom. The third-order valence-corrected chi connectivity index (χ3v) is 4.58. The van der Waals surface area contributed by atoms with Gasteiger partial charge in [0, 0.05) is 28.1 Å². The van der Waals surface area contributed by atoms with Crippen molar-refractivity contribution in [2.75, 3.05) is 0 Å². The Kier molecular flexibility index (Phi) is 5.03. The van der Waals surface area contributed by atoms with Crippen molar-refractivity contribution in [3.63, 3.8) is 0 Å². The van der Waals surface area contributed by atoms with E-state index >= 15 is 0 Å². The molecule has 0 unspecified atom stereocenters. The van der Waals surface area contributed by atoms with Crippen molar-refractivity contribution in [1.29, 1.82) is 0 Å². The first-order chi connectivity index (χ1) is 10.7. The molecule has 1 aliphatic heterocycles. The quantitative estimate of drug-likeness (QED) is 0.853. The molecular weight excluding hydrogens is 324 g/mol. The number of halogens is 1. The van der Waals surface area contributed by atoms with Crippen LogP contribution in [0, 0.1) is 6.92 Å². The number of hydrogen-bond donors (Lipinski definition) is 2. The van der Waals surface area contributed by atoms with Crippen LogP contribution < -0.4 is 10.6 Å². The van der Waals surface area contributed by atoms with E-state index in [1.165, 1.54) is 0 Å². The second-order valence-electron chi connectivity index (χ2n) is 8.02. The Hall–Kier alpha value is -1.52. The molecule has 1 saturated heterocycles. The first-order valence-corrected chi connectivity index (χ1v) is 8.25. The SMILES string of the molecule is Cc1c(C(=O)NC2CC(C)(C)NC(C)(C)C2)oc2ccccc12.Cl. The van der Waals surface area contributed by atoms with Gasteiger partial charge < -0.3 is 15.1 Å². The summed E-state index contributed by atoms with van der Waals surface area (Å²) in [7, 11) is 0. The maximum Gasteiger partial charge on any atom is 0.287 e. The molecule has 4 nitrogen and oxygen atoms in total. The topological polar surface area (TPSA) is 54.3 Å². The van der Waals surface area contributed by atoms with Crippen LogP contribution in [0.15, 0.2) is 28.7 Å². The molecule has 0 radical (unpaired) electrons. The highest BCUT2D eigenvalue weighted by Crippen LogP contribution is 2.29. The van der Waals surface area contributed by atoms with E-state index in [9.17, 15) is 4.79 Å². The number of fused-ring (bicyclic) bond motifs is 1. The Balaban J connectivity index is 0.00000208. The summed E-state index contributed by atoms with van der Waals surface area (Å²) in [6.45, 7) is 10.7. The number of furan rings is 1. The maximum absolute atomic E-state index is 12.7. The number of rotatable bonds is 2. The summed E-state index contributed by atoms with van der Waals surface area (Å²) >= 11 is 0. The summed E-state index contributed by atoms with van der Waals surface area (Å²) in [4.78, 5) is 12.7. The summed E-state index contributed by atoms with van der Waals surface area (Å²) in [5.74, 6) is 0.317. The zero-order valence-electron chi connectivity index (χ0n) is 15.0. The number of piperidine rings is 1. The van der Waals surface area contributed by atoms with Gasteiger partial charge in [0.2, 0.25) is 0 Å². The first-order valence-electron chi connectivity index (χ1n) is 8.25. The van der Waals surface area contributed by atoms with Gasteiger partial charge in [-0.15, -0.1) is 12.4 Å². The van der Waals surface area contributed by atoms with Crippen LogP contribution >= 0.6 is 12.4 Å². The molecule has 3 rings (SSSR count). The van der Waals surface area contributed by atoms with Crippen LogP contribution in [0.3, 0.4) is 0 Å². The first kappa shape index (κ1) is 18.8. The molecular formula is C19H27ClN2O2. The Bertz CT molecular complexity index is 733. The monoisotopic (exact) mass is 350 g/mol. The molecule has 0 saturated carbocycles. The molecule has 0 bridgehead atoms. The van der Waals surface area contributed by atoms with E-state index in [0.717, 1.165) is 29.4 Å². The Morgan fingerprint density at radius 1 is 1.17 bits per heavy atom. The second-order valence-corrected chi connectivity index (χ2v) is 8.02. The van der Waals surface area contributed by atoms with Crippen LogP contribution in [0.4, 0.5) is 0 Å². The maximum atomic E-state index is 12.7. The average Bonchev–Trinajstić information content (AvgIpc) is 2.73. The van der Waals surface area contributed by atoms with E-state index in [0.29, 0.717) is 5.76 Å². The predicted molar refractivity (Wildman–Crippen MR) is 100.0 cm³/mol. The molecule has 1 aromatic carbocycles. The third kappa shape index (κ3) is 3.76. The number of carbonyl (C=O) groups excluding carboxylic acids is 1. The van der Waals surface area contributed by atoms with E-state index in [2.05, 4.69) is 38.3 Å². The van der Waals surface area contributed by atoms with Crippen molar-refractivity contribution in [1.82, 2.24) is 10.6 Å². The van der Waals surface area contributed by atoms with Gasteiger partial charge in [0.1, 0.15) is 5.58 Å². The minimum atomic E-state index is -0.114. The minimum absolute atomic E-state index is 0. The summed E-state index contributed by atoms with van der Waals surface area (Å²) in [5.41, 5.74) is 1.68. The smallest absolute Gasteiger partial charge is 0.287 e. The lowest BCUT2D eigenvalue weighted by molar-refractivity contribution is 0.0847. The molecule has 1 fully saturated rings. The average molecular weight is 351 g/mol. The van der Waals surface area contributed by atoms with Gasteiger partial charge in [0.25, 0.3) is 5.91 Å². The predicted octanol–water partition coefficient (Wildman–Crippen LogP) is 4.20. The van der Waals surface area contributed by atoms with Crippen LogP contribution in [-0.4, -0.2) is 23.0 Å². The zero-order chi connectivity index (χ0) is 16.8. The highest BCUT2D eigenvalue weighted by Gasteiger charge is 2.38. The number of hydrogen-bond acceptors (Lipinski definition) is 3. The number of para-hydroxylation sites is 1. The molecule has 0 aliphatic carbocycles. The van der Waals surface area contributed by atoms with Crippen LogP contribution in [0.1, 0.15) is 56.7 Å².